The molecule has 0 aliphatic carbocycles. The predicted octanol–water partition coefficient (Wildman–Crippen LogP) is 4.59. The normalized spacial score (nSPS) is 9.68. The molecule has 0 radical (unpaired) electrons. The quantitative estimate of drug-likeness (QED) is 0.545. The number of rotatable bonds is 4. The summed E-state index contributed by atoms with van der Waals surface area (Å²) < 4.78 is 3.25. The molecule has 2 N–H and O–H groups in total. The Labute approximate surface area is 134 Å². The summed E-state index contributed by atoms with van der Waals surface area (Å²) in [5, 5.41) is 3.07. The molecule has 1 aromatic heterocycles. The van der Waals surface area contributed by atoms with Crippen LogP contribution in [0.15, 0.2) is 72.7 Å². The highest BCUT2D eigenvalue weighted by Crippen LogP contribution is 2.26. The van der Waals surface area contributed by atoms with Crippen LogP contribution in [0.4, 0.5) is 11.6 Å². The molecule has 3 aromatic rings. The molecule has 0 unspecified atom stereocenters. The van der Waals surface area contributed by atoms with Crippen LogP contribution in [-0.2, 0) is 0 Å². The van der Waals surface area contributed by atoms with Gasteiger partial charge >= 0.3 is 0 Å². The van der Waals surface area contributed by atoms with Crippen LogP contribution in [0.3, 0.4) is 0 Å². The number of fused-ring (bicyclic) bond motifs is 1. The summed E-state index contributed by atoms with van der Waals surface area (Å²) in [6.45, 7) is 6.00. The van der Waals surface area contributed by atoms with Crippen molar-refractivity contribution < 1.29 is 0 Å². The molecule has 0 fully saturated rings. The van der Waals surface area contributed by atoms with Crippen molar-refractivity contribution in [2.45, 2.75) is 4.90 Å². The molecule has 0 aliphatic rings. The summed E-state index contributed by atoms with van der Waals surface area (Å²) in [6, 6.07) is 17.9. The first kappa shape index (κ1) is 15.9. The van der Waals surface area contributed by atoms with Crippen LogP contribution in [0.25, 0.3) is 11.0 Å². The zero-order valence-electron chi connectivity index (χ0n) is 12.4. The number of para-hydroxylation sites is 2. The minimum Gasteiger partial charge on any atom is -0.370 e. The van der Waals surface area contributed by atoms with Crippen molar-refractivity contribution in [3.8, 4) is 0 Å². The monoisotopic (exact) mass is 310 g/mol. The molecular formula is C17H18N4S. The molecule has 0 saturated carbocycles. The van der Waals surface area contributed by atoms with Crippen molar-refractivity contribution in [3.63, 3.8) is 0 Å². The molecule has 4 nitrogen and oxygen atoms in total. The van der Waals surface area contributed by atoms with Crippen LogP contribution >= 0.6 is 11.9 Å². The van der Waals surface area contributed by atoms with Crippen LogP contribution in [0.2, 0.25) is 0 Å². The van der Waals surface area contributed by atoms with Crippen molar-refractivity contribution in [2.75, 3.05) is 17.1 Å². The van der Waals surface area contributed by atoms with Crippen molar-refractivity contribution in [1.29, 1.82) is 0 Å². The van der Waals surface area contributed by atoms with E-state index in [9.17, 15) is 0 Å². The lowest BCUT2D eigenvalue weighted by Crippen LogP contribution is -2.01. The van der Waals surface area contributed by atoms with E-state index in [0.29, 0.717) is 0 Å². The first-order valence-corrected chi connectivity index (χ1v) is 7.61. The molecule has 5 heteroatoms. The van der Waals surface area contributed by atoms with Gasteiger partial charge in [-0.05, 0) is 36.2 Å². The van der Waals surface area contributed by atoms with Crippen LogP contribution in [-0.4, -0.2) is 17.0 Å². The van der Waals surface area contributed by atoms with Crippen molar-refractivity contribution >= 4 is 34.6 Å². The van der Waals surface area contributed by atoms with Gasteiger partial charge in [0.05, 0.1) is 11.0 Å². The maximum atomic E-state index is 4.60. The fraction of sp³-hybridized carbons (Fsp3) is 0.0588. The second kappa shape index (κ2) is 8.05. The fourth-order valence-electron chi connectivity index (χ4n) is 1.84. The number of benzene rings is 2. The lowest BCUT2D eigenvalue weighted by molar-refractivity contribution is 1.27. The SMILES string of the molecule is C=C.CNc1nc2ccccc2nc1NSc1ccccc1. The highest BCUT2D eigenvalue weighted by Gasteiger charge is 2.07. The molecule has 22 heavy (non-hydrogen) atoms. The maximum absolute atomic E-state index is 4.60. The molecule has 0 aliphatic heterocycles. The number of nitrogens with zero attached hydrogens (tertiary/aromatic N) is 2. The van der Waals surface area contributed by atoms with Gasteiger partial charge in [0.25, 0.3) is 0 Å². The van der Waals surface area contributed by atoms with Gasteiger partial charge in [0.2, 0.25) is 0 Å². The zero-order valence-corrected chi connectivity index (χ0v) is 13.2. The molecule has 0 saturated heterocycles. The summed E-state index contributed by atoms with van der Waals surface area (Å²) in [5.74, 6) is 1.48. The first-order valence-electron chi connectivity index (χ1n) is 6.79. The number of nitrogens with one attached hydrogen (secondary N) is 2. The Balaban J connectivity index is 0.000000847. The largest absolute Gasteiger partial charge is 0.370 e. The van der Waals surface area contributed by atoms with Gasteiger partial charge in [-0.2, -0.15) is 0 Å². The topological polar surface area (TPSA) is 49.8 Å². The highest BCUT2D eigenvalue weighted by molar-refractivity contribution is 8.00. The maximum Gasteiger partial charge on any atom is 0.180 e. The Morgan fingerprint density at radius 1 is 0.818 bits per heavy atom. The van der Waals surface area contributed by atoms with Gasteiger partial charge in [-0.15, -0.1) is 13.2 Å². The lowest BCUT2D eigenvalue weighted by atomic mass is 10.3. The van der Waals surface area contributed by atoms with Gasteiger partial charge in [-0.25, -0.2) is 9.97 Å². The summed E-state index contributed by atoms with van der Waals surface area (Å²) >= 11 is 1.52. The van der Waals surface area contributed by atoms with E-state index in [-0.39, 0.29) is 0 Å². The molecule has 2 aromatic carbocycles. The molecule has 112 valence electrons. The van der Waals surface area contributed by atoms with E-state index in [1.165, 1.54) is 11.9 Å². The number of hydrogen-bond acceptors (Lipinski definition) is 5. The fourth-order valence-corrected chi connectivity index (χ4v) is 2.49. The van der Waals surface area contributed by atoms with Crippen LogP contribution in [0, 0.1) is 0 Å². The zero-order chi connectivity index (χ0) is 15.8. The average Bonchev–Trinajstić information content (AvgIpc) is 2.61. The van der Waals surface area contributed by atoms with E-state index in [1.54, 1.807) is 0 Å². The number of anilines is 2. The molecule has 0 bridgehead atoms. The Kier molecular flexibility index (Phi) is 5.80. The summed E-state index contributed by atoms with van der Waals surface area (Å²) in [7, 11) is 1.84. The van der Waals surface area contributed by atoms with E-state index in [2.05, 4.69) is 33.2 Å². The molecule has 3 rings (SSSR count). The standard InChI is InChI=1S/C15H14N4S.C2H4/c1-16-14-15(19-20-11-7-3-2-4-8-11)18-13-10-6-5-9-12(13)17-14;1-2/h2-10H,1H3,(H,16,17)(H,18,19);1-2H2. The van der Waals surface area contributed by atoms with E-state index in [1.807, 2.05) is 61.6 Å². The second-order valence-electron chi connectivity index (χ2n) is 4.18. The average molecular weight is 310 g/mol. The highest BCUT2D eigenvalue weighted by atomic mass is 32.2. The minimum absolute atomic E-state index is 0.736. The summed E-state index contributed by atoms with van der Waals surface area (Å²) in [5.41, 5.74) is 1.76. The Morgan fingerprint density at radius 3 is 1.95 bits per heavy atom. The molecule has 0 spiro atoms. The third-order valence-corrected chi connectivity index (χ3v) is 3.62. The van der Waals surface area contributed by atoms with Gasteiger partial charge in [-0.3, -0.25) is 0 Å². The number of hydrogen-bond donors (Lipinski definition) is 2. The Morgan fingerprint density at radius 2 is 1.36 bits per heavy atom. The van der Waals surface area contributed by atoms with Gasteiger partial charge in [0, 0.05) is 11.9 Å². The van der Waals surface area contributed by atoms with Crippen LogP contribution < -0.4 is 10.0 Å². The van der Waals surface area contributed by atoms with Crippen molar-refractivity contribution in [2.24, 2.45) is 0 Å². The van der Waals surface area contributed by atoms with Gasteiger partial charge in [0.15, 0.2) is 11.6 Å². The predicted molar refractivity (Wildman–Crippen MR) is 96.3 cm³/mol. The van der Waals surface area contributed by atoms with E-state index in [0.717, 1.165) is 27.6 Å². The molecule has 1 heterocycles. The van der Waals surface area contributed by atoms with Crippen LogP contribution in [0.1, 0.15) is 0 Å². The second-order valence-corrected chi connectivity index (χ2v) is 5.06. The summed E-state index contributed by atoms with van der Waals surface area (Å²) in [6.07, 6.45) is 0. The van der Waals surface area contributed by atoms with Gasteiger partial charge in [-0.1, -0.05) is 30.3 Å². The van der Waals surface area contributed by atoms with Gasteiger partial charge in [0.1, 0.15) is 0 Å². The van der Waals surface area contributed by atoms with E-state index in [4.69, 9.17) is 0 Å². The third-order valence-electron chi connectivity index (χ3n) is 2.82. The van der Waals surface area contributed by atoms with E-state index < -0.39 is 0 Å². The lowest BCUT2D eigenvalue weighted by Gasteiger charge is -2.10. The molecular weight excluding hydrogens is 292 g/mol. The Hall–Kier alpha value is -2.53. The van der Waals surface area contributed by atoms with Crippen molar-refractivity contribution in [1.82, 2.24) is 9.97 Å². The first-order chi connectivity index (χ1) is 10.9. The van der Waals surface area contributed by atoms with Gasteiger partial charge < -0.3 is 10.0 Å². The van der Waals surface area contributed by atoms with E-state index >= 15 is 0 Å². The smallest absolute Gasteiger partial charge is 0.180 e. The number of aromatic nitrogens is 2. The Bertz CT molecular complexity index is 731. The van der Waals surface area contributed by atoms with Crippen LogP contribution in [0.5, 0.6) is 0 Å². The molecule has 0 amide bonds. The third kappa shape index (κ3) is 3.77. The molecule has 0 atom stereocenters. The summed E-state index contributed by atoms with van der Waals surface area (Å²) in [4.78, 5) is 10.3. The minimum atomic E-state index is 0.736. The van der Waals surface area contributed by atoms with Crippen molar-refractivity contribution in [3.05, 3.63) is 67.8 Å².